The zero-order valence-corrected chi connectivity index (χ0v) is 11.7. The van der Waals surface area contributed by atoms with Gasteiger partial charge in [0.25, 0.3) is 0 Å². The van der Waals surface area contributed by atoms with E-state index in [-0.39, 0.29) is 0 Å². The molecule has 3 heterocycles. The maximum Gasteiger partial charge on any atom is 0.0954 e. The number of nitrogens with one attached hydrogen (secondary N) is 1. The zero-order chi connectivity index (χ0) is 14.1. The molecule has 0 saturated carbocycles. The summed E-state index contributed by atoms with van der Waals surface area (Å²) in [6.07, 6.45) is 7.44. The van der Waals surface area contributed by atoms with Crippen LogP contribution in [0.25, 0.3) is 11.3 Å². The minimum atomic E-state index is 0.831. The fourth-order valence-corrected chi connectivity index (χ4v) is 2.84. The monoisotopic (exact) mass is 276 g/mol. The van der Waals surface area contributed by atoms with Crippen molar-refractivity contribution in [3.63, 3.8) is 0 Å². The summed E-state index contributed by atoms with van der Waals surface area (Å²) in [6, 6.07) is 10.7. The van der Waals surface area contributed by atoms with Crippen molar-refractivity contribution >= 4 is 0 Å². The first-order valence-corrected chi connectivity index (χ1v) is 7.12. The van der Waals surface area contributed by atoms with Crippen LogP contribution in [0.2, 0.25) is 0 Å². The molecule has 1 aliphatic heterocycles. The van der Waals surface area contributed by atoms with Crippen molar-refractivity contribution in [2.24, 2.45) is 0 Å². The lowest BCUT2D eigenvalue weighted by molar-refractivity contribution is 0.764. The van der Waals surface area contributed by atoms with Crippen LogP contribution in [0.5, 0.6) is 0 Å². The second-order valence-corrected chi connectivity index (χ2v) is 5.36. The van der Waals surface area contributed by atoms with Crippen molar-refractivity contribution in [1.29, 1.82) is 0 Å². The predicted octanol–water partition coefficient (Wildman–Crippen LogP) is 2.60. The maximum atomic E-state index is 4.29. The van der Waals surface area contributed by atoms with Gasteiger partial charge in [0.05, 0.1) is 18.2 Å². The van der Waals surface area contributed by atoms with E-state index < -0.39 is 0 Å². The smallest absolute Gasteiger partial charge is 0.0954 e. The lowest BCUT2D eigenvalue weighted by atomic mass is 10.1. The van der Waals surface area contributed by atoms with E-state index in [1.165, 1.54) is 16.7 Å². The van der Waals surface area contributed by atoms with E-state index in [2.05, 4.69) is 44.1 Å². The number of rotatable bonds is 3. The highest BCUT2D eigenvalue weighted by Gasteiger charge is 2.11. The van der Waals surface area contributed by atoms with Gasteiger partial charge in [0, 0.05) is 37.6 Å². The molecule has 0 saturated heterocycles. The maximum absolute atomic E-state index is 4.29. The molecule has 3 aromatic rings. The molecule has 0 fully saturated rings. The molecule has 0 atom stereocenters. The van der Waals surface area contributed by atoms with Crippen LogP contribution < -0.4 is 5.32 Å². The molecular formula is C17H16N4. The lowest BCUT2D eigenvalue weighted by Crippen LogP contribution is -2.01. The number of fused-ring (bicyclic) bond motifs is 1. The molecule has 2 aromatic heterocycles. The highest BCUT2D eigenvalue weighted by Crippen LogP contribution is 2.21. The molecule has 4 rings (SSSR count). The summed E-state index contributed by atoms with van der Waals surface area (Å²) in [5, 5.41) is 3.38. The fourth-order valence-electron chi connectivity index (χ4n) is 2.84. The van der Waals surface area contributed by atoms with E-state index in [0.717, 1.165) is 30.9 Å². The van der Waals surface area contributed by atoms with Gasteiger partial charge < -0.3 is 9.88 Å². The summed E-state index contributed by atoms with van der Waals surface area (Å²) in [5.41, 5.74) is 6.33. The molecule has 0 spiro atoms. The topological polar surface area (TPSA) is 42.7 Å². The van der Waals surface area contributed by atoms with Crippen molar-refractivity contribution < 1.29 is 0 Å². The fraction of sp³-hybridized carbons (Fsp3) is 0.176. The number of aromatic nitrogens is 3. The Labute approximate surface area is 123 Å². The van der Waals surface area contributed by atoms with E-state index in [0.29, 0.717) is 0 Å². The molecule has 1 aromatic carbocycles. The van der Waals surface area contributed by atoms with Crippen molar-refractivity contribution in [3.05, 3.63) is 71.9 Å². The summed E-state index contributed by atoms with van der Waals surface area (Å²) in [7, 11) is 0. The number of pyridine rings is 1. The molecule has 0 amide bonds. The molecule has 0 unspecified atom stereocenters. The number of nitrogens with zero attached hydrogens (tertiary/aromatic N) is 3. The van der Waals surface area contributed by atoms with Crippen LogP contribution in [0.4, 0.5) is 0 Å². The van der Waals surface area contributed by atoms with Crippen LogP contribution in [0.15, 0.2) is 55.2 Å². The van der Waals surface area contributed by atoms with Crippen LogP contribution in [0, 0.1) is 0 Å². The Balaban J connectivity index is 1.65. The Morgan fingerprint density at radius 3 is 2.90 bits per heavy atom. The molecule has 4 heteroatoms. The van der Waals surface area contributed by atoms with Crippen LogP contribution in [0.3, 0.4) is 0 Å². The predicted molar refractivity (Wildman–Crippen MR) is 81.5 cm³/mol. The molecular weight excluding hydrogens is 260 g/mol. The van der Waals surface area contributed by atoms with Crippen molar-refractivity contribution in [2.75, 3.05) is 0 Å². The number of benzene rings is 1. The summed E-state index contributed by atoms with van der Waals surface area (Å²) in [5.74, 6) is 0. The van der Waals surface area contributed by atoms with Gasteiger partial charge in [-0.15, -0.1) is 0 Å². The minimum Gasteiger partial charge on any atom is -0.326 e. The quantitative estimate of drug-likeness (QED) is 0.799. The average molecular weight is 276 g/mol. The van der Waals surface area contributed by atoms with E-state index in [4.69, 9.17) is 0 Å². The third kappa shape index (κ3) is 2.34. The van der Waals surface area contributed by atoms with Gasteiger partial charge in [-0.1, -0.05) is 18.2 Å². The molecule has 1 aliphatic rings. The van der Waals surface area contributed by atoms with Gasteiger partial charge >= 0.3 is 0 Å². The standard InChI is InChI=1S/C17H16N4/c1-2-15(8-18-5-1)17-10-20-12-21(17)11-13-3-4-14-7-19-9-16(14)6-13/h1-6,8,10,12,19H,7,9,11H2. The van der Waals surface area contributed by atoms with Crippen LogP contribution in [-0.4, -0.2) is 14.5 Å². The van der Waals surface area contributed by atoms with Gasteiger partial charge in [0.1, 0.15) is 0 Å². The van der Waals surface area contributed by atoms with Gasteiger partial charge in [-0.2, -0.15) is 0 Å². The number of imidazole rings is 1. The largest absolute Gasteiger partial charge is 0.326 e. The molecule has 104 valence electrons. The summed E-state index contributed by atoms with van der Waals surface area (Å²) >= 11 is 0. The molecule has 1 N–H and O–H groups in total. The SMILES string of the molecule is c1cncc(-c2cncn2Cc2ccc3c(c2)CNC3)c1. The first-order chi connectivity index (χ1) is 10.4. The van der Waals surface area contributed by atoms with Gasteiger partial charge in [0.2, 0.25) is 0 Å². The van der Waals surface area contributed by atoms with Crippen LogP contribution in [-0.2, 0) is 19.6 Å². The van der Waals surface area contributed by atoms with Crippen LogP contribution >= 0.6 is 0 Å². The Kier molecular flexibility index (Phi) is 3.01. The zero-order valence-electron chi connectivity index (χ0n) is 11.7. The highest BCUT2D eigenvalue weighted by molar-refractivity contribution is 5.57. The van der Waals surface area contributed by atoms with E-state index >= 15 is 0 Å². The van der Waals surface area contributed by atoms with Crippen molar-refractivity contribution in [3.8, 4) is 11.3 Å². The normalized spacial score (nSPS) is 13.3. The second-order valence-electron chi connectivity index (χ2n) is 5.36. The Hall–Kier alpha value is -2.46. The summed E-state index contributed by atoms with van der Waals surface area (Å²) < 4.78 is 2.17. The Morgan fingerprint density at radius 1 is 1.05 bits per heavy atom. The van der Waals surface area contributed by atoms with Gasteiger partial charge in [0.15, 0.2) is 0 Å². The lowest BCUT2D eigenvalue weighted by Gasteiger charge is -2.09. The van der Waals surface area contributed by atoms with E-state index in [9.17, 15) is 0 Å². The summed E-state index contributed by atoms with van der Waals surface area (Å²) in [4.78, 5) is 8.48. The van der Waals surface area contributed by atoms with E-state index in [1.54, 1.807) is 6.20 Å². The summed E-state index contributed by atoms with van der Waals surface area (Å²) in [6.45, 7) is 2.79. The third-order valence-corrected chi connectivity index (χ3v) is 3.92. The second kappa shape index (κ2) is 5.14. The van der Waals surface area contributed by atoms with Gasteiger partial charge in [-0.3, -0.25) is 4.98 Å². The van der Waals surface area contributed by atoms with Crippen molar-refractivity contribution in [2.45, 2.75) is 19.6 Å². The van der Waals surface area contributed by atoms with Gasteiger partial charge in [-0.05, 0) is 28.8 Å². The minimum absolute atomic E-state index is 0.831. The molecule has 21 heavy (non-hydrogen) atoms. The Bertz CT molecular complexity index is 761. The van der Waals surface area contributed by atoms with Gasteiger partial charge in [-0.25, -0.2) is 4.98 Å². The molecule has 0 radical (unpaired) electrons. The van der Waals surface area contributed by atoms with Crippen LogP contribution in [0.1, 0.15) is 16.7 Å². The number of hydrogen-bond donors (Lipinski definition) is 1. The van der Waals surface area contributed by atoms with Crippen molar-refractivity contribution in [1.82, 2.24) is 19.9 Å². The molecule has 4 nitrogen and oxygen atoms in total. The first-order valence-electron chi connectivity index (χ1n) is 7.12. The first kappa shape index (κ1) is 12.3. The van der Waals surface area contributed by atoms with E-state index in [1.807, 2.05) is 24.8 Å². The average Bonchev–Trinajstić information content (AvgIpc) is 3.16. The highest BCUT2D eigenvalue weighted by atomic mass is 15.0. The third-order valence-electron chi connectivity index (χ3n) is 3.92. The Morgan fingerprint density at radius 2 is 2.00 bits per heavy atom. The number of hydrogen-bond acceptors (Lipinski definition) is 3. The molecule has 0 bridgehead atoms. The molecule has 0 aliphatic carbocycles.